The van der Waals surface area contributed by atoms with Gasteiger partial charge in [-0.1, -0.05) is 18.2 Å². The van der Waals surface area contributed by atoms with E-state index in [1.165, 1.54) is 27.8 Å². The Morgan fingerprint density at radius 1 is 0.900 bits per heavy atom. The van der Waals surface area contributed by atoms with E-state index in [-0.39, 0.29) is 5.38 Å². The first-order valence-corrected chi connectivity index (χ1v) is 7.24. The van der Waals surface area contributed by atoms with Crippen molar-refractivity contribution in [3.05, 3.63) is 63.7 Å². The van der Waals surface area contributed by atoms with Gasteiger partial charge in [0.2, 0.25) is 0 Å². The third-order valence-corrected chi connectivity index (χ3v) is 4.56. The number of methoxy groups -OCH3 is 1. The van der Waals surface area contributed by atoms with E-state index >= 15 is 0 Å². The minimum atomic E-state index is -0.125. The predicted molar refractivity (Wildman–Crippen MR) is 86.1 cm³/mol. The molecule has 2 aromatic rings. The van der Waals surface area contributed by atoms with E-state index in [0.717, 1.165) is 11.3 Å². The molecule has 0 bridgehead atoms. The van der Waals surface area contributed by atoms with Gasteiger partial charge >= 0.3 is 0 Å². The molecule has 0 aliphatic rings. The van der Waals surface area contributed by atoms with Gasteiger partial charge in [0.1, 0.15) is 5.75 Å². The van der Waals surface area contributed by atoms with Gasteiger partial charge in [-0.15, -0.1) is 11.6 Å². The molecule has 1 atom stereocenters. The molecule has 0 fully saturated rings. The first-order valence-electron chi connectivity index (χ1n) is 6.81. The van der Waals surface area contributed by atoms with Crippen molar-refractivity contribution in [1.82, 2.24) is 0 Å². The number of alkyl halides is 1. The van der Waals surface area contributed by atoms with Crippen LogP contribution in [0.1, 0.15) is 38.8 Å². The van der Waals surface area contributed by atoms with Gasteiger partial charge in [0.05, 0.1) is 12.5 Å². The number of hydrogen-bond donors (Lipinski definition) is 0. The lowest BCUT2D eigenvalue weighted by Gasteiger charge is -2.20. The second kappa shape index (κ2) is 5.88. The fraction of sp³-hybridized carbons (Fsp3) is 0.333. The molecule has 2 rings (SSSR count). The van der Waals surface area contributed by atoms with Crippen molar-refractivity contribution >= 4 is 11.6 Å². The van der Waals surface area contributed by atoms with Crippen LogP contribution < -0.4 is 4.74 Å². The van der Waals surface area contributed by atoms with Crippen molar-refractivity contribution in [2.24, 2.45) is 0 Å². The molecule has 0 saturated carbocycles. The topological polar surface area (TPSA) is 9.23 Å². The second-order valence-electron chi connectivity index (χ2n) is 5.31. The maximum absolute atomic E-state index is 6.74. The van der Waals surface area contributed by atoms with Gasteiger partial charge in [-0.3, -0.25) is 0 Å². The van der Waals surface area contributed by atoms with Crippen LogP contribution in [0.25, 0.3) is 0 Å². The third-order valence-electron chi connectivity index (χ3n) is 4.09. The molecule has 0 saturated heterocycles. The maximum atomic E-state index is 6.74. The summed E-state index contributed by atoms with van der Waals surface area (Å²) in [5.74, 6) is 0.853. The largest absolute Gasteiger partial charge is 0.497 e. The molecule has 0 aliphatic carbocycles. The Bertz CT molecular complexity index is 588. The molecule has 106 valence electrons. The molecule has 0 N–H and O–H groups in total. The summed E-state index contributed by atoms with van der Waals surface area (Å²) in [6, 6.07) is 10.2. The molecule has 1 nitrogen and oxygen atoms in total. The molecule has 0 heterocycles. The fourth-order valence-electron chi connectivity index (χ4n) is 2.57. The molecule has 0 radical (unpaired) electrons. The lowest BCUT2D eigenvalue weighted by Crippen LogP contribution is -2.03. The Morgan fingerprint density at radius 2 is 1.40 bits per heavy atom. The van der Waals surface area contributed by atoms with E-state index in [2.05, 4.69) is 33.8 Å². The van der Waals surface area contributed by atoms with Crippen LogP contribution in [-0.2, 0) is 0 Å². The monoisotopic (exact) mass is 288 g/mol. The Balaban J connectivity index is 2.49. The van der Waals surface area contributed by atoms with Gasteiger partial charge in [-0.2, -0.15) is 0 Å². The third kappa shape index (κ3) is 2.69. The Labute approximate surface area is 126 Å². The van der Waals surface area contributed by atoms with Gasteiger partial charge in [0.25, 0.3) is 0 Å². The number of ether oxygens (including phenoxy) is 1. The van der Waals surface area contributed by atoms with Crippen LogP contribution in [0.4, 0.5) is 0 Å². The van der Waals surface area contributed by atoms with Gasteiger partial charge in [-0.25, -0.2) is 0 Å². The SMILES string of the molecule is COc1ccc(C(Cl)c2c(C)c(C)cc(C)c2C)cc1. The van der Waals surface area contributed by atoms with Crippen molar-refractivity contribution in [2.45, 2.75) is 33.1 Å². The molecule has 0 aromatic heterocycles. The highest BCUT2D eigenvalue weighted by Gasteiger charge is 2.18. The summed E-state index contributed by atoms with van der Waals surface area (Å²) in [5, 5.41) is -0.125. The molecule has 0 amide bonds. The highest BCUT2D eigenvalue weighted by atomic mass is 35.5. The van der Waals surface area contributed by atoms with E-state index in [9.17, 15) is 0 Å². The van der Waals surface area contributed by atoms with Crippen LogP contribution in [0.5, 0.6) is 5.75 Å². The van der Waals surface area contributed by atoms with Gasteiger partial charge < -0.3 is 4.74 Å². The highest BCUT2D eigenvalue weighted by Crippen LogP contribution is 2.36. The lowest BCUT2D eigenvalue weighted by molar-refractivity contribution is 0.414. The number of benzene rings is 2. The fourth-order valence-corrected chi connectivity index (χ4v) is 3.04. The average molecular weight is 289 g/mol. The van der Waals surface area contributed by atoms with Crippen LogP contribution in [0.3, 0.4) is 0 Å². The first-order chi connectivity index (χ1) is 9.45. The van der Waals surface area contributed by atoms with Gasteiger partial charge in [-0.05, 0) is 73.2 Å². The zero-order valence-electron chi connectivity index (χ0n) is 12.8. The van der Waals surface area contributed by atoms with Crippen molar-refractivity contribution in [3.63, 3.8) is 0 Å². The zero-order chi connectivity index (χ0) is 14.9. The molecule has 0 aliphatic heterocycles. The van der Waals surface area contributed by atoms with E-state index in [4.69, 9.17) is 16.3 Å². The normalized spacial score (nSPS) is 12.3. The van der Waals surface area contributed by atoms with E-state index in [1.807, 2.05) is 24.3 Å². The van der Waals surface area contributed by atoms with E-state index in [0.29, 0.717) is 0 Å². The average Bonchev–Trinajstić information content (AvgIpc) is 2.45. The summed E-state index contributed by atoms with van der Waals surface area (Å²) >= 11 is 6.74. The number of aryl methyl sites for hydroxylation is 2. The van der Waals surface area contributed by atoms with Crippen LogP contribution >= 0.6 is 11.6 Å². The van der Waals surface area contributed by atoms with Crippen molar-refractivity contribution in [1.29, 1.82) is 0 Å². The maximum Gasteiger partial charge on any atom is 0.118 e. The molecule has 0 spiro atoms. The molecule has 1 unspecified atom stereocenters. The number of rotatable bonds is 3. The molecule has 20 heavy (non-hydrogen) atoms. The quantitative estimate of drug-likeness (QED) is 0.700. The molecular weight excluding hydrogens is 268 g/mol. The second-order valence-corrected chi connectivity index (χ2v) is 5.75. The van der Waals surface area contributed by atoms with Crippen LogP contribution in [0.15, 0.2) is 30.3 Å². The minimum absolute atomic E-state index is 0.125. The smallest absolute Gasteiger partial charge is 0.118 e. The van der Waals surface area contributed by atoms with Crippen LogP contribution in [0.2, 0.25) is 0 Å². The Kier molecular flexibility index (Phi) is 4.39. The van der Waals surface area contributed by atoms with Crippen molar-refractivity contribution < 1.29 is 4.74 Å². The van der Waals surface area contributed by atoms with Crippen molar-refractivity contribution in [3.8, 4) is 5.75 Å². The summed E-state index contributed by atoms with van der Waals surface area (Å²) in [4.78, 5) is 0. The Hall–Kier alpha value is -1.47. The zero-order valence-corrected chi connectivity index (χ0v) is 13.5. The lowest BCUT2D eigenvalue weighted by atomic mass is 9.90. The molecule has 2 heteroatoms. The standard InChI is InChI=1S/C18H21ClO/c1-11-10-12(2)14(4)17(13(11)3)18(19)15-6-8-16(20-5)9-7-15/h6-10,18H,1-5H3. The highest BCUT2D eigenvalue weighted by molar-refractivity contribution is 6.22. The summed E-state index contributed by atoms with van der Waals surface area (Å²) in [7, 11) is 1.67. The summed E-state index contributed by atoms with van der Waals surface area (Å²) in [5.41, 5.74) is 7.48. The van der Waals surface area contributed by atoms with Gasteiger partial charge in [0, 0.05) is 0 Å². The van der Waals surface area contributed by atoms with Crippen molar-refractivity contribution in [2.75, 3.05) is 7.11 Å². The molecular formula is C18H21ClO. The predicted octanol–water partition coefficient (Wildman–Crippen LogP) is 5.26. The van der Waals surface area contributed by atoms with E-state index in [1.54, 1.807) is 7.11 Å². The van der Waals surface area contributed by atoms with Gasteiger partial charge in [0.15, 0.2) is 0 Å². The number of hydrogen-bond acceptors (Lipinski definition) is 1. The summed E-state index contributed by atoms with van der Waals surface area (Å²) < 4.78 is 5.20. The minimum Gasteiger partial charge on any atom is -0.497 e. The summed E-state index contributed by atoms with van der Waals surface area (Å²) in [6.45, 7) is 8.58. The van der Waals surface area contributed by atoms with E-state index < -0.39 is 0 Å². The molecule has 2 aromatic carbocycles. The number of halogens is 1. The Morgan fingerprint density at radius 3 is 1.85 bits per heavy atom. The first kappa shape index (κ1) is 14.9. The van der Waals surface area contributed by atoms with Crippen LogP contribution in [0, 0.1) is 27.7 Å². The summed E-state index contributed by atoms with van der Waals surface area (Å²) in [6.07, 6.45) is 0. The van der Waals surface area contributed by atoms with Crippen LogP contribution in [-0.4, -0.2) is 7.11 Å².